The SMILES string of the molecule is N[C@H](Cc1ccccc1F)c1ccccc1. The number of hydrogen-bond acceptors (Lipinski definition) is 1. The molecular weight excluding hydrogens is 201 g/mol. The van der Waals surface area contributed by atoms with E-state index < -0.39 is 0 Å². The second-order valence-electron chi connectivity index (χ2n) is 3.81. The molecule has 0 radical (unpaired) electrons. The highest BCUT2D eigenvalue weighted by molar-refractivity contribution is 5.24. The zero-order valence-electron chi connectivity index (χ0n) is 8.94. The standard InChI is InChI=1S/C14H14FN/c15-13-9-5-4-8-12(13)10-14(16)11-6-2-1-3-7-11/h1-9,14H,10,16H2/t14-/m1/s1. The molecule has 0 unspecified atom stereocenters. The molecule has 0 aliphatic carbocycles. The van der Waals surface area contributed by atoms with Gasteiger partial charge < -0.3 is 5.73 Å². The molecule has 0 aromatic heterocycles. The van der Waals surface area contributed by atoms with Gasteiger partial charge in [-0.2, -0.15) is 0 Å². The lowest BCUT2D eigenvalue weighted by molar-refractivity contribution is 0.593. The van der Waals surface area contributed by atoms with E-state index in [2.05, 4.69) is 0 Å². The van der Waals surface area contributed by atoms with Crippen molar-refractivity contribution in [1.82, 2.24) is 0 Å². The van der Waals surface area contributed by atoms with E-state index in [0.717, 1.165) is 5.56 Å². The number of nitrogens with two attached hydrogens (primary N) is 1. The van der Waals surface area contributed by atoms with Crippen LogP contribution in [0.25, 0.3) is 0 Å². The number of benzene rings is 2. The van der Waals surface area contributed by atoms with Crippen molar-refractivity contribution >= 4 is 0 Å². The summed E-state index contributed by atoms with van der Waals surface area (Å²) >= 11 is 0. The van der Waals surface area contributed by atoms with Crippen LogP contribution in [0.4, 0.5) is 4.39 Å². The predicted octanol–water partition coefficient (Wildman–Crippen LogP) is 3.07. The highest BCUT2D eigenvalue weighted by atomic mass is 19.1. The fourth-order valence-electron chi connectivity index (χ4n) is 1.72. The Hall–Kier alpha value is -1.67. The lowest BCUT2D eigenvalue weighted by Gasteiger charge is -2.12. The van der Waals surface area contributed by atoms with Gasteiger partial charge >= 0.3 is 0 Å². The molecule has 0 bridgehead atoms. The van der Waals surface area contributed by atoms with E-state index in [0.29, 0.717) is 12.0 Å². The Morgan fingerprint density at radius 3 is 2.25 bits per heavy atom. The summed E-state index contributed by atoms with van der Waals surface area (Å²) in [5.41, 5.74) is 7.73. The minimum Gasteiger partial charge on any atom is -0.324 e. The van der Waals surface area contributed by atoms with Crippen LogP contribution in [-0.4, -0.2) is 0 Å². The Bertz CT molecular complexity index is 453. The molecule has 2 heteroatoms. The van der Waals surface area contributed by atoms with Crippen molar-refractivity contribution in [2.75, 3.05) is 0 Å². The van der Waals surface area contributed by atoms with Crippen molar-refractivity contribution in [1.29, 1.82) is 0 Å². The number of halogens is 1. The monoisotopic (exact) mass is 215 g/mol. The zero-order chi connectivity index (χ0) is 11.4. The molecule has 0 saturated carbocycles. The van der Waals surface area contributed by atoms with Crippen LogP contribution in [0.3, 0.4) is 0 Å². The van der Waals surface area contributed by atoms with Gasteiger partial charge in [0.15, 0.2) is 0 Å². The van der Waals surface area contributed by atoms with Crippen LogP contribution in [0.15, 0.2) is 54.6 Å². The molecule has 0 saturated heterocycles. The van der Waals surface area contributed by atoms with E-state index in [1.54, 1.807) is 12.1 Å². The van der Waals surface area contributed by atoms with Crippen molar-refractivity contribution in [3.63, 3.8) is 0 Å². The molecule has 2 aromatic carbocycles. The Balaban J connectivity index is 2.14. The number of hydrogen-bond donors (Lipinski definition) is 1. The average Bonchev–Trinajstić information content (AvgIpc) is 2.33. The maximum atomic E-state index is 13.4. The molecule has 1 nitrogen and oxygen atoms in total. The largest absolute Gasteiger partial charge is 0.324 e. The van der Waals surface area contributed by atoms with Gasteiger partial charge in [-0.3, -0.25) is 0 Å². The summed E-state index contributed by atoms with van der Waals surface area (Å²) in [7, 11) is 0. The Morgan fingerprint density at radius 1 is 0.938 bits per heavy atom. The molecule has 2 rings (SSSR count). The van der Waals surface area contributed by atoms with Crippen LogP contribution in [0.1, 0.15) is 17.2 Å². The van der Waals surface area contributed by atoms with Crippen LogP contribution < -0.4 is 5.73 Å². The van der Waals surface area contributed by atoms with E-state index >= 15 is 0 Å². The lowest BCUT2D eigenvalue weighted by atomic mass is 9.99. The van der Waals surface area contributed by atoms with E-state index in [1.807, 2.05) is 36.4 Å². The first kappa shape index (κ1) is 10.8. The summed E-state index contributed by atoms with van der Waals surface area (Å²) in [4.78, 5) is 0. The molecule has 2 N–H and O–H groups in total. The molecule has 0 fully saturated rings. The molecule has 2 aromatic rings. The first-order valence-electron chi connectivity index (χ1n) is 5.31. The van der Waals surface area contributed by atoms with Crippen LogP contribution in [0, 0.1) is 5.82 Å². The Morgan fingerprint density at radius 2 is 1.56 bits per heavy atom. The van der Waals surface area contributed by atoms with Crippen molar-refractivity contribution in [2.24, 2.45) is 5.73 Å². The fraction of sp³-hybridized carbons (Fsp3) is 0.143. The maximum Gasteiger partial charge on any atom is 0.126 e. The van der Waals surface area contributed by atoms with Crippen LogP contribution in [-0.2, 0) is 6.42 Å². The summed E-state index contributed by atoms with van der Waals surface area (Å²) in [6.45, 7) is 0. The summed E-state index contributed by atoms with van der Waals surface area (Å²) < 4.78 is 13.4. The van der Waals surface area contributed by atoms with Gasteiger partial charge in [0.25, 0.3) is 0 Å². The molecule has 16 heavy (non-hydrogen) atoms. The highest BCUT2D eigenvalue weighted by Crippen LogP contribution is 2.17. The Kier molecular flexibility index (Phi) is 3.32. The fourth-order valence-corrected chi connectivity index (χ4v) is 1.72. The average molecular weight is 215 g/mol. The van der Waals surface area contributed by atoms with Gasteiger partial charge in [0.2, 0.25) is 0 Å². The van der Waals surface area contributed by atoms with Gasteiger partial charge in [-0.05, 0) is 23.6 Å². The third-order valence-corrected chi connectivity index (χ3v) is 2.63. The van der Waals surface area contributed by atoms with Crippen molar-refractivity contribution < 1.29 is 4.39 Å². The van der Waals surface area contributed by atoms with E-state index in [4.69, 9.17) is 5.73 Å². The van der Waals surface area contributed by atoms with Gasteiger partial charge in [-0.15, -0.1) is 0 Å². The topological polar surface area (TPSA) is 26.0 Å². The molecule has 1 atom stereocenters. The third kappa shape index (κ3) is 2.47. The van der Waals surface area contributed by atoms with Gasteiger partial charge in [0.1, 0.15) is 5.82 Å². The zero-order valence-corrected chi connectivity index (χ0v) is 8.94. The second kappa shape index (κ2) is 4.90. The first-order valence-corrected chi connectivity index (χ1v) is 5.31. The predicted molar refractivity (Wildman–Crippen MR) is 63.5 cm³/mol. The quantitative estimate of drug-likeness (QED) is 0.836. The summed E-state index contributed by atoms with van der Waals surface area (Å²) in [5.74, 6) is -0.186. The summed E-state index contributed by atoms with van der Waals surface area (Å²) in [6.07, 6.45) is 0.524. The van der Waals surface area contributed by atoms with E-state index in [9.17, 15) is 4.39 Å². The summed E-state index contributed by atoms with van der Waals surface area (Å²) in [6, 6.07) is 16.4. The minimum absolute atomic E-state index is 0.155. The molecule has 0 amide bonds. The Labute approximate surface area is 94.7 Å². The molecule has 0 heterocycles. The lowest BCUT2D eigenvalue weighted by Crippen LogP contribution is -2.13. The van der Waals surface area contributed by atoms with E-state index in [-0.39, 0.29) is 11.9 Å². The van der Waals surface area contributed by atoms with Crippen LogP contribution in [0.2, 0.25) is 0 Å². The highest BCUT2D eigenvalue weighted by Gasteiger charge is 2.09. The molecular formula is C14H14FN. The van der Waals surface area contributed by atoms with Crippen LogP contribution in [0.5, 0.6) is 0 Å². The number of rotatable bonds is 3. The van der Waals surface area contributed by atoms with Gasteiger partial charge in [-0.25, -0.2) is 4.39 Å². The first-order chi connectivity index (χ1) is 7.77. The molecule has 82 valence electrons. The molecule has 0 aliphatic rings. The van der Waals surface area contributed by atoms with Gasteiger partial charge in [0, 0.05) is 6.04 Å². The molecule has 0 aliphatic heterocycles. The van der Waals surface area contributed by atoms with Gasteiger partial charge in [-0.1, -0.05) is 48.5 Å². The van der Waals surface area contributed by atoms with Gasteiger partial charge in [0.05, 0.1) is 0 Å². The van der Waals surface area contributed by atoms with Crippen molar-refractivity contribution in [2.45, 2.75) is 12.5 Å². The smallest absolute Gasteiger partial charge is 0.126 e. The van der Waals surface area contributed by atoms with Crippen molar-refractivity contribution in [3.05, 3.63) is 71.5 Å². The van der Waals surface area contributed by atoms with Crippen molar-refractivity contribution in [3.8, 4) is 0 Å². The molecule has 0 spiro atoms. The van der Waals surface area contributed by atoms with E-state index in [1.165, 1.54) is 6.07 Å². The normalized spacial score (nSPS) is 12.4. The van der Waals surface area contributed by atoms with Crippen LogP contribution >= 0.6 is 0 Å². The second-order valence-corrected chi connectivity index (χ2v) is 3.81. The minimum atomic E-state index is -0.186. The third-order valence-electron chi connectivity index (χ3n) is 2.63. The summed E-state index contributed by atoms with van der Waals surface area (Å²) in [5, 5.41) is 0. The maximum absolute atomic E-state index is 13.4.